The molecule has 1 heterocycles. The van der Waals surface area contributed by atoms with Crippen molar-refractivity contribution < 1.29 is 39.2 Å². The molecule has 11 nitrogen and oxygen atoms in total. The van der Waals surface area contributed by atoms with E-state index in [1.165, 1.54) is 0 Å². The molecule has 0 bridgehead atoms. The molecule has 11 heteroatoms. The van der Waals surface area contributed by atoms with E-state index in [0.717, 1.165) is 0 Å². The van der Waals surface area contributed by atoms with Crippen LogP contribution in [0.15, 0.2) is 0 Å². The van der Waals surface area contributed by atoms with E-state index in [1.807, 2.05) is 0 Å². The van der Waals surface area contributed by atoms with Gasteiger partial charge >= 0.3 is 17.9 Å². The normalized spacial score (nSPS) is 18.2. The first-order valence-electron chi connectivity index (χ1n) is 8.24. The van der Waals surface area contributed by atoms with E-state index in [-0.39, 0.29) is 33.5 Å². The highest BCUT2D eigenvalue weighted by molar-refractivity contribution is 5.75. The quantitative estimate of drug-likeness (QED) is 0.397. The Hall–Kier alpha value is -2.24. The van der Waals surface area contributed by atoms with Gasteiger partial charge in [0.05, 0.1) is 6.54 Å². The van der Waals surface area contributed by atoms with E-state index in [0.29, 0.717) is 45.7 Å². The van der Waals surface area contributed by atoms with Gasteiger partial charge in [-0.05, 0) is 6.42 Å². The lowest BCUT2D eigenvalue weighted by molar-refractivity contribution is -0.145. The molecule has 1 rings (SSSR count). The Balaban J connectivity index is 0.00000676. The lowest BCUT2D eigenvalue weighted by Crippen LogP contribution is -2.47. The minimum Gasteiger partial charge on any atom is -0.481 e. The SMILES string of the molecule is C.O=COCN1CCN(CC(=O)O)CCN(C(CCC(=O)O)C(=O)O)CC1. The first kappa shape index (κ1) is 24.8. The van der Waals surface area contributed by atoms with Crippen molar-refractivity contribution in [3.05, 3.63) is 0 Å². The molecule has 3 N–H and O–H groups in total. The summed E-state index contributed by atoms with van der Waals surface area (Å²) in [5.74, 6) is -3.19. The van der Waals surface area contributed by atoms with E-state index >= 15 is 0 Å². The summed E-state index contributed by atoms with van der Waals surface area (Å²) in [5.41, 5.74) is 0. The topological polar surface area (TPSA) is 148 Å². The van der Waals surface area contributed by atoms with E-state index in [9.17, 15) is 24.3 Å². The third-order valence-corrected chi connectivity index (χ3v) is 4.18. The maximum Gasteiger partial charge on any atom is 0.320 e. The minimum atomic E-state index is -1.12. The molecule has 156 valence electrons. The van der Waals surface area contributed by atoms with Crippen LogP contribution in [0.4, 0.5) is 0 Å². The molecule has 1 atom stereocenters. The largest absolute Gasteiger partial charge is 0.481 e. The molecule has 0 radical (unpaired) electrons. The highest BCUT2D eigenvalue weighted by Gasteiger charge is 2.28. The van der Waals surface area contributed by atoms with Gasteiger partial charge < -0.3 is 20.1 Å². The summed E-state index contributed by atoms with van der Waals surface area (Å²) in [6.07, 6.45) is -0.321. The summed E-state index contributed by atoms with van der Waals surface area (Å²) >= 11 is 0. The van der Waals surface area contributed by atoms with Crippen molar-refractivity contribution in [3.8, 4) is 0 Å². The molecule has 0 aromatic rings. The third kappa shape index (κ3) is 9.87. The molecule has 1 unspecified atom stereocenters. The smallest absolute Gasteiger partial charge is 0.320 e. The molecule has 0 amide bonds. The molecule has 1 aliphatic heterocycles. The second-order valence-electron chi connectivity index (χ2n) is 6.00. The number of carboxylic acids is 3. The molecular weight excluding hydrogens is 362 g/mol. The van der Waals surface area contributed by atoms with Crippen LogP contribution in [-0.4, -0.2) is 113 Å². The number of rotatable bonds is 10. The number of carbonyl (C=O) groups is 4. The fraction of sp³-hybridized carbons (Fsp3) is 0.750. The van der Waals surface area contributed by atoms with Gasteiger partial charge in [0.15, 0.2) is 0 Å². The van der Waals surface area contributed by atoms with Crippen LogP contribution in [0.3, 0.4) is 0 Å². The molecular formula is C16H29N3O8. The van der Waals surface area contributed by atoms with E-state index in [4.69, 9.17) is 14.9 Å². The van der Waals surface area contributed by atoms with Gasteiger partial charge in [0.2, 0.25) is 0 Å². The van der Waals surface area contributed by atoms with Gasteiger partial charge in [0.25, 0.3) is 6.47 Å². The lowest BCUT2D eigenvalue weighted by atomic mass is 10.1. The van der Waals surface area contributed by atoms with Gasteiger partial charge in [-0.3, -0.25) is 33.9 Å². The summed E-state index contributed by atoms with van der Waals surface area (Å²) in [5, 5.41) is 27.3. The van der Waals surface area contributed by atoms with Crippen molar-refractivity contribution in [3.63, 3.8) is 0 Å². The van der Waals surface area contributed by atoms with Crippen molar-refractivity contribution in [2.45, 2.75) is 26.3 Å². The Morgan fingerprint density at radius 1 is 0.926 bits per heavy atom. The van der Waals surface area contributed by atoms with Gasteiger partial charge in [-0.2, -0.15) is 0 Å². The second-order valence-corrected chi connectivity index (χ2v) is 6.00. The van der Waals surface area contributed by atoms with Crippen LogP contribution in [0.5, 0.6) is 0 Å². The Morgan fingerprint density at radius 2 is 1.48 bits per heavy atom. The van der Waals surface area contributed by atoms with Crippen molar-refractivity contribution in [1.29, 1.82) is 0 Å². The highest BCUT2D eigenvalue weighted by Crippen LogP contribution is 2.10. The molecule has 27 heavy (non-hydrogen) atoms. The maximum atomic E-state index is 11.6. The molecule has 1 saturated heterocycles. The molecule has 1 fully saturated rings. The van der Waals surface area contributed by atoms with Crippen LogP contribution in [-0.2, 0) is 23.9 Å². The maximum absolute atomic E-state index is 11.6. The number of ether oxygens (including phenoxy) is 1. The molecule has 0 aliphatic carbocycles. The van der Waals surface area contributed by atoms with Crippen molar-refractivity contribution in [2.24, 2.45) is 0 Å². The number of nitrogens with zero attached hydrogens (tertiary/aromatic N) is 3. The second kappa shape index (κ2) is 13.0. The predicted octanol–water partition coefficient (Wildman–Crippen LogP) is -0.925. The van der Waals surface area contributed by atoms with E-state index in [1.54, 1.807) is 14.7 Å². The Morgan fingerprint density at radius 3 is 2.00 bits per heavy atom. The summed E-state index contributed by atoms with van der Waals surface area (Å²) in [6, 6.07) is -0.982. The van der Waals surface area contributed by atoms with Crippen molar-refractivity contribution >= 4 is 24.4 Å². The molecule has 0 spiro atoms. The number of carboxylic acid groups (broad SMARTS) is 3. The standard InChI is InChI=1S/C15H25N3O8.CH4/c19-11-26-10-17-4-3-16(9-14(22)23)5-7-18(8-6-17)12(15(24)25)1-2-13(20)21;/h11-12H,1-10H2,(H,20,21)(H,22,23)(H,24,25);1H4. The van der Waals surface area contributed by atoms with Crippen LogP contribution < -0.4 is 0 Å². The van der Waals surface area contributed by atoms with Gasteiger partial charge in [-0.25, -0.2) is 0 Å². The van der Waals surface area contributed by atoms with E-state index in [2.05, 4.69) is 0 Å². The summed E-state index contributed by atoms with van der Waals surface area (Å²) in [7, 11) is 0. The van der Waals surface area contributed by atoms with Gasteiger partial charge in [-0.15, -0.1) is 0 Å². The zero-order valence-corrected chi connectivity index (χ0v) is 14.5. The Bertz CT molecular complexity index is 502. The third-order valence-electron chi connectivity index (χ3n) is 4.18. The zero-order valence-electron chi connectivity index (χ0n) is 14.5. The predicted molar refractivity (Wildman–Crippen MR) is 94.3 cm³/mol. The number of carbonyl (C=O) groups excluding carboxylic acids is 1. The van der Waals surface area contributed by atoms with Crippen molar-refractivity contribution in [1.82, 2.24) is 14.7 Å². The number of hydrogen-bond acceptors (Lipinski definition) is 8. The summed E-state index contributed by atoms with van der Waals surface area (Å²) < 4.78 is 4.75. The average Bonchev–Trinajstić information content (AvgIpc) is 2.64. The molecule has 0 aromatic carbocycles. The number of aliphatic carboxylic acids is 3. The van der Waals surface area contributed by atoms with Gasteiger partial charge in [0, 0.05) is 45.7 Å². The van der Waals surface area contributed by atoms with Crippen LogP contribution in [0.25, 0.3) is 0 Å². The van der Waals surface area contributed by atoms with Gasteiger partial charge in [0.1, 0.15) is 12.8 Å². The van der Waals surface area contributed by atoms with Crippen molar-refractivity contribution in [2.75, 3.05) is 52.5 Å². The van der Waals surface area contributed by atoms with Crippen LogP contribution >= 0.6 is 0 Å². The molecule has 1 aliphatic rings. The summed E-state index contributed by atoms with van der Waals surface area (Å²) in [4.78, 5) is 48.9. The summed E-state index contributed by atoms with van der Waals surface area (Å²) in [6.45, 7) is 2.40. The first-order chi connectivity index (χ1) is 12.3. The van der Waals surface area contributed by atoms with Crippen LogP contribution in [0, 0.1) is 0 Å². The van der Waals surface area contributed by atoms with Crippen LogP contribution in [0.1, 0.15) is 20.3 Å². The lowest BCUT2D eigenvalue weighted by Gasteiger charge is -2.30. The average molecular weight is 391 g/mol. The Kier molecular flexibility index (Phi) is 11.9. The highest BCUT2D eigenvalue weighted by atomic mass is 16.5. The monoisotopic (exact) mass is 391 g/mol. The van der Waals surface area contributed by atoms with Gasteiger partial charge in [-0.1, -0.05) is 7.43 Å². The molecule has 0 saturated carbocycles. The van der Waals surface area contributed by atoms with E-state index < -0.39 is 23.9 Å². The first-order valence-corrected chi connectivity index (χ1v) is 8.24. The zero-order chi connectivity index (χ0) is 19.5. The minimum absolute atomic E-state index is 0. The fourth-order valence-electron chi connectivity index (χ4n) is 2.81. The van der Waals surface area contributed by atoms with Crippen LogP contribution in [0.2, 0.25) is 0 Å². The number of hydrogen-bond donors (Lipinski definition) is 3. The fourth-order valence-corrected chi connectivity index (χ4v) is 2.81. The molecule has 0 aromatic heterocycles. The Labute approximate surface area is 158 Å².